The van der Waals surface area contributed by atoms with Crippen LogP contribution in [0, 0.1) is 40.9 Å². The summed E-state index contributed by atoms with van der Waals surface area (Å²) in [5.74, 6) is 5.13. The molecule has 0 heterocycles. The lowest BCUT2D eigenvalue weighted by atomic mass is 9.48. The molecule has 4 fully saturated rings. The van der Waals surface area contributed by atoms with Gasteiger partial charge in [0.05, 0.1) is 12.2 Å². The predicted octanol–water partition coefficient (Wildman–Crippen LogP) is 6.59. The van der Waals surface area contributed by atoms with Crippen molar-refractivity contribution in [2.45, 2.75) is 103 Å². The van der Waals surface area contributed by atoms with Crippen molar-refractivity contribution in [3.63, 3.8) is 0 Å². The van der Waals surface area contributed by atoms with Crippen molar-refractivity contribution >= 4 is 0 Å². The van der Waals surface area contributed by atoms with E-state index in [4.69, 9.17) is 4.74 Å². The molecule has 5 rings (SSSR count). The highest BCUT2D eigenvalue weighted by Crippen LogP contribution is 2.65. The van der Waals surface area contributed by atoms with E-state index in [1.165, 1.54) is 56.9 Å². The van der Waals surface area contributed by atoms with Crippen molar-refractivity contribution in [3.8, 4) is 0 Å². The minimum atomic E-state index is -0.565. The van der Waals surface area contributed by atoms with Crippen LogP contribution in [0.15, 0.2) is 30.3 Å². The van der Waals surface area contributed by atoms with Crippen LogP contribution in [0.5, 0.6) is 0 Å². The molecule has 0 unspecified atom stereocenters. The Kier molecular flexibility index (Phi) is 7.45. The summed E-state index contributed by atoms with van der Waals surface area (Å²) in [5.41, 5.74) is 1.34. The van der Waals surface area contributed by atoms with Crippen molar-refractivity contribution in [1.29, 1.82) is 0 Å². The van der Waals surface area contributed by atoms with E-state index >= 15 is 0 Å². The number of ether oxygens (including phenoxy) is 1. The third-order valence-electron chi connectivity index (χ3n) is 11.1. The number of aliphatic hydroxyl groups is 1. The van der Waals surface area contributed by atoms with Crippen molar-refractivity contribution in [3.05, 3.63) is 35.9 Å². The SMILES string of the molecule is CCOC[C@@]1(O)CC[C@H]2[C@H](CC[C@@H]3[C@@H]2CC[C@]2(C)[C@@H]([C@@H](CC)NCc4ccccc4)CC[C@@H]32)C1. The summed E-state index contributed by atoms with van der Waals surface area (Å²) in [6.07, 6.45) is 12.8. The summed E-state index contributed by atoms with van der Waals surface area (Å²) >= 11 is 0. The quantitative estimate of drug-likeness (QED) is 0.453. The van der Waals surface area contributed by atoms with Crippen molar-refractivity contribution in [2.24, 2.45) is 40.9 Å². The van der Waals surface area contributed by atoms with Crippen LogP contribution in [0.3, 0.4) is 0 Å². The number of hydrogen-bond acceptors (Lipinski definition) is 3. The second kappa shape index (κ2) is 10.2. The molecule has 0 bridgehead atoms. The van der Waals surface area contributed by atoms with Crippen LogP contribution in [-0.4, -0.2) is 30.0 Å². The van der Waals surface area contributed by atoms with Gasteiger partial charge in [0.15, 0.2) is 0 Å². The highest BCUT2D eigenvalue weighted by molar-refractivity contribution is 5.15. The fraction of sp³-hybridized carbons (Fsp3) is 0.806. The highest BCUT2D eigenvalue weighted by atomic mass is 16.5. The zero-order valence-corrected chi connectivity index (χ0v) is 22.0. The first-order valence-electron chi connectivity index (χ1n) is 14.5. The molecule has 0 aliphatic heterocycles. The first-order valence-corrected chi connectivity index (χ1v) is 14.5. The van der Waals surface area contributed by atoms with Crippen molar-refractivity contribution in [2.75, 3.05) is 13.2 Å². The van der Waals surface area contributed by atoms with Gasteiger partial charge < -0.3 is 15.2 Å². The highest BCUT2D eigenvalue weighted by Gasteiger charge is 2.58. The zero-order valence-electron chi connectivity index (χ0n) is 22.0. The van der Waals surface area contributed by atoms with Gasteiger partial charge in [-0.05, 0) is 118 Å². The van der Waals surface area contributed by atoms with Crippen LogP contribution in [-0.2, 0) is 11.3 Å². The van der Waals surface area contributed by atoms with Crippen LogP contribution < -0.4 is 5.32 Å². The van der Waals surface area contributed by atoms with Crippen LogP contribution >= 0.6 is 0 Å². The van der Waals surface area contributed by atoms with Crippen molar-refractivity contribution in [1.82, 2.24) is 5.32 Å². The molecule has 190 valence electrons. The molecule has 0 aromatic heterocycles. The van der Waals surface area contributed by atoms with Crippen LogP contribution in [0.1, 0.15) is 90.5 Å². The van der Waals surface area contributed by atoms with Gasteiger partial charge in [-0.25, -0.2) is 0 Å². The predicted molar refractivity (Wildman–Crippen MR) is 139 cm³/mol. The maximum atomic E-state index is 11.2. The Morgan fingerprint density at radius 2 is 1.76 bits per heavy atom. The van der Waals surface area contributed by atoms with E-state index in [1.54, 1.807) is 0 Å². The maximum Gasteiger partial charge on any atom is 0.0883 e. The average molecular weight is 468 g/mol. The Labute approximate surface area is 208 Å². The number of fused-ring (bicyclic) bond motifs is 5. The van der Waals surface area contributed by atoms with Crippen LogP contribution in [0.25, 0.3) is 0 Å². The molecule has 34 heavy (non-hydrogen) atoms. The number of benzene rings is 1. The van der Waals surface area contributed by atoms with Crippen LogP contribution in [0.4, 0.5) is 0 Å². The molecule has 0 saturated heterocycles. The van der Waals surface area contributed by atoms with E-state index in [0.717, 1.165) is 54.9 Å². The molecular weight excluding hydrogens is 418 g/mol. The molecule has 2 N–H and O–H groups in total. The third-order valence-corrected chi connectivity index (χ3v) is 11.1. The van der Waals surface area contributed by atoms with E-state index in [9.17, 15) is 5.11 Å². The third kappa shape index (κ3) is 4.62. The molecule has 0 radical (unpaired) electrons. The van der Waals surface area contributed by atoms with Gasteiger partial charge in [0.2, 0.25) is 0 Å². The van der Waals surface area contributed by atoms with Gasteiger partial charge in [-0.15, -0.1) is 0 Å². The second-order valence-electron chi connectivity index (χ2n) is 12.6. The van der Waals surface area contributed by atoms with Gasteiger partial charge in [-0.3, -0.25) is 0 Å². The Morgan fingerprint density at radius 3 is 2.53 bits per heavy atom. The minimum absolute atomic E-state index is 0.503. The normalized spacial score (nSPS) is 42.5. The van der Waals surface area contributed by atoms with Crippen molar-refractivity contribution < 1.29 is 9.84 Å². The first kappa shape index (κ1) is 24.8. The number of rotatable bonds is 8. The monoisotopic (exact) mass is 467 g/mol. The molecule has 3 nitrogen and oxygen atoms in total. The fourth-order valence-corrected chi connectivity index (χ4v) is 9.50. The molecule has 0 spiro atoms. The van der Waals surface area contributed by atoms with Gasteiger partial charge >= 0.3 is 0 Å². The van der Waals surface area contributed by atoms with Crippen LogP contribution in [0.2, 0.25) is 0 Å². The standard InChI is InChI=1S/C31H49NO2/c1-4-29(32-20-22-9-7-6-8-10-22)28-14-13-27-26-12-11-23-19-31(33,21-34-5-2)18-16-24(23)25(26)15-17-30(27,28)3/h6-10,23-29,32-33H,4-5,11-21H2,1-3H3/t23-,24+,25-,26-,27+,28-,29-,30+,31-/m1/s1. The average Bonchev–Trinajstić information content (AvgIpc) is 3.21. The molecule has 4 aliphatic rings. The van der Waals surface area contributed by atoms with Gasteiger partial charge in [0.25, 0.3) is 0 Å². The lowest BCUT2D eigenvalue weighted by molar-refractivity contribution is -0.129. The lowest BCUT2D eigenvalue weighted by Crippen LogP contribution is -2.53. The van der Waals surface area contributed by atoms with E-state index < -0.39 is 5.60 Å². The van der Waals surface area contributed by atoms with E-state index in [0.29, 0.717) is 24.7 Å². The summed E-state index contributed by atoms with van der Waals surface area (Å²) in [5, 5.41) is 15.1. The number of hydrogen-bond donors (Lipinski definition) is 2. The topological polar surface area (TPSA) is 41.5 Å². The molecule has 4 aliphatic carbocycles. The minimum Gasteiger partial charge on any atom is -0.387 e. The summed E-state index contributed by atoms with van der Waals surface area (Å²) in [6, 6.07) is 11.6. The zero-order chi connectivity index (χ0) is 23.8. The van der Waals surface area contributed by atoms with Gasteiger partial charge in [-0.2, -0.15) is 0 Å². The molecule has 9 atom stereocenters. The first-order chi connectivity index (χ1) is 16.5. The maximum absolute atomic E-state index is 11.2. The molecule has 1 aromatic carbocycles. The molecule has 3 heteroatoms. The largest absolute Gasteiger partial charge is 0.387 e. The molecule has 0 amide bonds. The van der Waals surface area contributed by atoms with E-state index in [2.05, 4.69) is 49.5 Å². The second-order valence-corrected chi connectivity index (χ2v) is 12.6. The summed E-state index contributed by atoms with van der Waals surface area (Å²) in [4.78, 5) is 0. The van der Waals surface area contributed by atoms with Gasteiger partial charge in [0, 0.05) is 19.2 Å². The van der Waals surface area contributed by atoms with Gasteiger partial charge in [0.1, 0.15) is 0 Å². The molecular formula is C31H49NO2. The van der Waals surface area contributed by atoms with E-state index in [-0.39, 0.29) is 0 Å². The summed E-state index contributed by atoms with van der Waals surface area (Å²) in [7, 11) is 0. The smallest absolute Gasteiger partial charge is 0.0883 e. The fourth-order valence-electron chi connectivity index (χ4n) is 9.50. The molecule has 1 aromatic rings. The summed E-state index contributed by atoms with van der Waals surface area (Å²) in [6.45, 7) is 9.35. The summed E-state index contributed by atoms with van der Waals surface area (Å²) < 4.78 is 5.67. The Hall–Kier alpha value is -0.900. The Bertz CT molecular complexity index is 798. The lowest BCUT2D eigenvalue weighted by Gasteiger charge is -2.57. The number of nitrogens with one attached hydrogen (secondary N) is 1. The molecule has 4 saturated carbocycles. The van der Waals surface area contributed by atoms with E-state index in [1.807, 2.05) is 6.92 Å². The Balaban J connectivity index is 1.24. The van der Waals surface area contributed by atoms with Gasteiger partial charge in [-0.1, -0.05) is 44.2 Å². The Morgan fingerprint density at radius 1 is 0.971 bits per heavy atom.